The van der Waals surface area contributed by atoms with E-state index < -0.39 is 6.36 Å². The lowest BCUT2D eigenvalue weighted by molar-refractivity contribution is -0.274. The van der Waals surface area contributed by atoms with Gasteiger partial charge in [0.1, 0.15) is 5.75 Å². The predicted octanol–water partition coefficient (Wildman–Crippen LogP) is 3.22. The summed E-state index contributed by atoms with van der Waals surface area (Å²) in [6, 6.07) is 13.0. The van der Waals surface area contributed by atoms with Gasteiger partial charge in [0.05, 0.1) is 0 Å². The van der Waals surface area contributed by atoms with Crippen molar-refractivity contribution in [2.24, 2.45) is 5.73 Å². The van der Waals surface area contributed by atoms with Crippen molar-refractivity contribution in [1.29, 1.82) is 0 Å². The van der Waals surface area contributed by atoms with Crippen LogP contribution in [0.4, 0.5) is 13.2 Å². The lowest BCUT2D eigenvalue weighted by Crippen LogP contribution is -2.24. The van der Waals surface area contributed by atoms with E-state index in [2.05, 4.69) is 10.1 Å². The molecule has 0 aliphatic rings. The maximum absolute atomic E-state index is 12.2. The van der Waals surface area contributed by atoms with Crippen molar-refractivity contribution in [2.45, 2.75) is 19.3 Å². The molecule has 0 aliphatic heterocycles. The van der Waals surface area contributed by atoms with Crippen LogP contribution in [0.1, 0.15) is 12.0 Å². The molecule has 3 N–H and O–H groups in total. The second kappa shape index (κ2) is 7.83. The molecule has 0 saturated heterocycles. The molecule has 128 valence electrons. The quantitative estimate of drug-likeness (QED) is 0.850. The van der Waals surface area contributed by atoms with Crippen LogP contribution in [0.3, 0.4) is 0 Å². The topological polar surface area (TPSA) is 64.4 Å². The predicted molar refractivity (Wildman–Crippen MR) is 84.1 cm³/mol. The second-order valence-corrected chi connectivity index (χ2v) is 5.09. The van der Waals surface area contributed by atoms with Gasteiger partial charge in [-0.15, -0.1) is 13.2 Å². The molecule has 0 aliphatic carbocycles. The number of halogens is 3. The van der Waals surface area contributed by atoms with Gasteiger partial charge in [-0.3, -0.25) is 4.79 Å². The van der Waals surface area contributed by atoms with Gasteiger partial charge in [-0.2, -0.15) is 0 Å². The zero-order valence-corrected chi connectivity index (χ0v) is 12.8. The van der Waals surface area contributed by atoms with Crippen molar-refractivity contribution < 1.29 is 22.7 Å². The van der Waals surface area contributed by atoms with E-state index in [9.17, 15) is 18.0 Å². The summed E-state index contributed by atoms with van der Waals surface area (Å²) in [5.74, 6) is -0.395. The molecule has 4 nitrogen and oxygen atoms in total. The minimum Gasteiger partial charge on any atom is -0.406 e. The first kappa shape index (κ1) is 17.8. The standard InChI is InChI=1S/C17H17F3N2O2/c18-17(19,20)24-15-6-4-13(5-7-15)14-3-1-2-12(10-14)11-22-16(23)8-9-21/h1-7,10H,8-9,11,21H2,(H,22,23). The average Bonchev–Trinajstić information content (AvgIpc) is 2.53. The smallest absolute Gasteiger partial charge is 0.406 e. The van der Waals surface area contributed by atoms with Crippen LogP contribution in [-0.2, 0) is 11.3 Å². The Morgan fingerprint density at radius 3 is 2.42 bits per heavy atom. The van der Waals surface area contributed by atoms with E-state index in [0.717, 1.165) is 16.7 Å². The van der Waals surface area contributed by atoms with E-state index in [1.807, 2.05) is 24.3 Å². The fraction of sp³-hybridized carbons (Fsp3) is 0.235. The SMILES string of the molecule is NCCC(=O)NCc1cccc(-c2ccc(OC(F)(F)F)cc2)c1. The number of nitrogens with two attached hydrogens (primary N) is 1. The summed E-state index contributed by atoms with van der Waals surface area (Å²) in [6.07, 6.45) is -4.44. The van der Waals surface area contributed by atoms with Crippen LogP contribution in [-0.4, -0.2) is 18.8 Å². The first-order valence-electron chi connectivity index (χ1n) is 7.29. The summed E-state index contributed by atoms with van der Waals surface area (Å²) in [6.45, 7) is 0.653. The molecular weight excluding hydrogens is 321 g/mol. The molecule has 0 fully saturated rings. The summed E-state index contributed by atoms with van der Waals surface area (Å²) >= 11 is 0. The first-order chi connectivity index (χ1) is 11.4. The number of ether oxygens (including phenoxy) is 1. The van der Waals surface area contributed by atoms with Gasteiger partial charge in [0, 0.05) is 19.5 Å². The van der Waals surface area contributed by atoms with Gasteiger partial charge in [0.15, 0.2) is 0 Å². The lowest BCUT2D eigenvalue weighted by atomic mass is 10.0. The summed E-state index contributed by atoms with van der Waals surface area (Å²) in [5, 5.41) is 2.75. The van der Waals surface area contributed by atoms with Crippen LogP contribution in [0.25, 0.3) is 11.1 Å². The molecule has 2 rings (SSSR count). The van der Waals surface area contributed by atoms with E-state index in [-0.39, 0.29) is 24.6 Å². The van der Waals surface area contributed by atoms with Gasteiger partial charge in [-0.25, -0.2) is 0 Å². The van der Waals surface area contributed by atoms with Crippen LogP contribution >= 0.6 is 0 Å². The zero-order valence-electron chi connectivity index (χ0n) is 12.8. The monoisotopic (exact) mass is 338 g/mol. The number of hydrogen-bond donors (Lipinski definition) is 2. The number of carbonyl (C=O) groups is 1. The van der Waals surface area contributed by atoms with Crippen LogP contribution in [0, 0.1) is 0 Å². The molecule has 0 spiro atoms. The van der Waals surface area contributed by atoms with E-state index in [1.165, 1.54) is 12.1 Å². The minimum absolute atomic E-state index is 0.128. The maximum atomic E-state index is 12.2. The number of rotatable bonds is 6. The molecule has 0 saturated carbocycles. The number of carbonyl (C=O) groups excluding carboxylic acids is 1. The number of alkyl halides is 3. The Balaban J connectivity index is 2.06. The number of benzene rings is 2. The van der Waals surface area contributed by atoms with Crippen molar-refractivity contribution in [3.05, 3.63) is 54.1 Å². The van der Waals surface area contributed by atoms with Crippen LogP contribution < -0.4 is 15.8 Å². The molecule has 0 unspecified atom stereocenters. The molecule has 2 aromatic rings. The Labute approximate surface area is 137 Å². The zero-order chi connectivity index (χ0) is 17.6. The van der Waals surface area contributed by atoms with E-state index in [0.29, 0.717) is 6.54 Å². The third-order valence-corrected chi connectivity index (χ3v) is 3.21. The Bertz CT molecular complexity index is 685. The molecule has 0 bridgehead atoms. The van der Waals surface area contributed by atoms with Gasteiger partial charge < -0.3 is 15.8 Å². The Hall–Kier alpha value is -2.54. The fourth-order valence-corrected chi connectivity index (χ4v) is 2.13. The minimum atomic E-state index is -4.71. The van der Waals surface area contributed by atoms with Gasteiger partial charge in [0.25, 0.3) is 0 Å². The van der Waals surface area contributed by atoms with E-state index >= 15 is 0 Å². The van der Waals surface area contributed by atoms with Gasteiger partial charge >= 0.3 is 6.36 Å². The molecule has 7 heteroatoms. The molecule has 0 heterocycles. The number of nitrogens with one attached hydrogen (secondary N) is 1. The van der Waals surface area contributed by atoms with E-state index in [1.54, 1.807) is 12.1 Å². The van der Waals surface area contributed by atoms with Gasteiger partial charge in [0.2, 0.25) is 5.91 Å². The van der Waals surface area contributed by atoms with Gasteiger partial charge in [-0.05, 0) is 34.9 Å². The molecule has 24 heavy (non-hydrogen) atoms. The normalized spacial score (nSPS) is 11.2. The highest BCUT2D eigenvalue weighted by atomic mass is 19.4. The molecule has 0 atom stereocenters. The summed E-state index contributed by atoms with van der Waals surface area (Å²) in [4.78, 5) is 11.4. The molecule has 0 radical (unpaired) electrons. The number of amides is 1. The van der Waals surface area contributed by atoms with Gasteiger partial charge in [-0.1, -0.05) is 30.3 Å². The highest BCUT2D eigenvalue weighted by Crippen LogP contribution is 2.26. The van der Waals surface area contributed by atoms with Crippen molar-refractivity contribution in [2.75, 3.05) is 6.54 Å². The summed E-state index contributed by atoms with van der Waals surface area (Å²) in [5.41, 5.74) is 7.77. The third-order valence-electron chi connectivity index (χ3n) is 3.21. The Morgan fingerprint density at radius 2 is 1.79 bits per heavy atom. The van der Waals surface area contributed by atoms with Crippen molar-refractivity contribution >= 4 is 5.91 Å². The number of hydrogen-bond acceptors (Lipinski definition) is 3. The molecule has 1 amide bonds. The molecule has 2 aromatic carbocycles. The van der Waals surface area contributed by atoms with E-state index in [4.69, 9.17) is 5.73 Å². The first-order valence-corrected chi connectivity index (χ1v) is 7.29. The van der Waals surface area contributed by atoms with Crippen molar-refractivity contribution in [3.8, 4) is 16.9 Å². The van der Waals surface area contributed by atoms with Crippen LogP contribution in [0.15, 0.2) is 48.5 Å². The largest absolute Gasteiger partial charge is 0.573 e. The molecule has 0 aromatic heterocycles. The van der Waals surface area contributed by atoms with Crippen LogP contribution in [0.5, 0.6) is 5.75 Å². The highest BCUT2D eigenvalue weighted by molar-refractivity contribution is 5.76. The summed E-state index contributed by atoms with van der Waals surface area (Å²) in [7, 11) is 0. The average molecular weight is 338 g/mol. The Morgan fingerprint density at radius 1 is 1.08 bits per heavy atom. The second-order valence-electron chi connectivity index (χ2n) is 5.09. The summed E-state index contributed by atoms with van der Waals surface area (Å²) < 4.78 is 40.3. The van der Waals surface area contributed by atoms with Crippen LogP contribution in [0.2, 0.25) is 0 Å². The van der Waals surface area contributed by atoms with Crippen molar-refractivity contribution in [1.82, 2.24) is 5.32 Å². The molecular formula is C17H17F3N2O2. The Kier molecular flexibility index (Phi) is 5.81. The third kappa shape index (κ3) is 5.58. The van der Waals surface area contributed by atoms with Crippen molar-refractivity contribution in [3.63, 3.8) is 0 Å². The maximum Gasteiger partial charge on any atom is 0.573 e. The fourth-order valence-electron chi connectivity index (χ4n) is 2.13. The lowest BCUT2D eigenvalue weighted by Gasteiger charge is -2.10. The highest BCUT2D eigenvalue weighted by Gasteiger charge is 2.30.